The fourth-order valence-corrected chi connectivity index (χ4v) is 1.64. The summed E-state index contributed by atoms with van der Waals surface area (Å²) in [6.45, 7) is 0. The molecule has 0 atom stereocenters. The molecule has 0 saturated heterocycles. The van der Waals surface area contributed by atoms with E-state index in [0.717, 1.165) is 13.2 Å². The Bertz CT molecular complexity index is 451. The lowest BCUT2D eigenvalue weighted by Crippen LogP contribution is -2.18. The van der Waals surface area contributed by atoms with E-state index < -0.39 is 28.7 Å². The zero-order valence-electron chi connectivity index (χ0n) is 8.12. The third-order valence-electron chi connectivity index (χ3n) is 1.49. The van der Waals surface area contributed by atoms with Gasteiger partial charge in [0.15, 0.2) is 0 Å². The number of rotatable bonds is 3. The zero-order chi connectivity index (χ0) is 13.2. The van der Waals surface area contributed by atoms with Gasteiger partial charge in [0.2, 0.25) is 5.88 Å². The average Bonchev–Trinajstić information content (AvgIpc) is 2.12. The minimum atomic E-state index is -4.92. The van der Waals surface area contributed by atoms with Gasteiger partial charge in [-0.1, -0.05) is 0 Å². The van der Waals surface area contributed by atoms with Crippen LogP contribution >= 0.6 is 22.6 Å². The van der Waals surface area contributed by atoms with Gasteiger partial charge in [-0.05, 0) is 22.6 Å². The Labute approximate surface area is 106 Å². The van der Waals surface area contributed by atoms with Crippen LogP contribution in [0.1, 0.15) is 0 Å². The van der Waals surface area contributed by atoms with E-state index in [4.69, 9.17) is 0 Å². The quantitative estimate of drug-likeness (QED) is 0.468. The number of alkyl halides is 3. The van der Waals surface area contributed by atoms with Gasteiger partial charge in [0.1, 0.15) is 3.57 Å². The molecule has 1 rings (SSSR count). The molecule has 0 amide bonds. The van der Waals surface area contributed by atoms with Gasteiger partial charge in [0, 0.05) is 6.07 Å². The molecule has 0 radical (unpaired) electrons. The zero-order valence-corrected chi connectivity index (χ0v) is 10.3. The van der Waals surface area contributed by atoms with Crippen LogP contribution in [0.15, 0.2) is 6.07 Å². The SMILES string of the molecule is COc1nc(OC(F)(F)F)cc(I)c1[N+](=O)[O-]. The van der Waals surface area contributed by atoms with Gasteiger partial charge in [-0.3, -0.25) is 10.1 Å². The summed E-state index contributed by atoms with van der Waals surface area (Å²) in [6, 6.07) is 0.800. The van der Waals surface area contributed by atoms with Crippen molar-refractivity contribution < 1.29 is 27.6 Å². The molecule has 1 aromatic heterocycles. The highest BCUT2D eigenvalue weighted by molar-refractivity contribution is 14.1. The molecule has 0 unspecified atom stereocenters. The second-order valence-electron chi connectivity index (χ2n) is 2.61. The summed E-state index contributed by atoms with van der Waals surface area (Å²) in [7, 11) is 1.06. The van der Waals surface area contributed by atoms with Crippen LogP contribution in [-0.4, -0.2) is 23.4 Å². The van der Waals surface area contributed by atoms with Gasteiger partial charge in [-0.2, -0.15) is 4.98 Å². The standard InChI is InChI=1S/C7H4F3IN2O4/c1-16-6-5(13(14)15)3(11)2-4(12-6)17-7(8,9)10/h2H,1H3. The molecule has 94 valence electrons. The summed E-state index contributed by atoms with van der Waals surface area (Å²) in [5.41, 5.74) is -0.511. The van der Waals surface area contributed by atoms with Crippen molar-refractivity contribution in [1.82, 2.24) is 4.98 Å². The van der Waals surface area contributed by atoms with Gasteiger partial charge in [-0.15, -0.1) is 13.2 Å². The number of hydrogen-bond donors (Lipinski definition) is 0. The number of aromatic nitrogens is 1. The van der Waals surface area contributed by atoms with Crippen molar-refractivity contribution in [3.63, 3.8) is 0 Å². The predicted molar refractivity (Wildman–Crippen MR) is 56.8 cm³/mol. The Balaban J connectivity index is 3.23. The van der Waals surface area contributed by atoms with E-state index in [2.05, 4.69) is 14.5 Å². The molecule has 17 heavy (non-hydrogen) atoms. The first-order valence-electron chi connectivity index (χ1n) is 3.89. The number of methoxy groups -OCH3 is 1. The number of pyridine rings is 1. The lowest BCUT2D eigenvalue weighted by molar-refractivity contribution is -0.387. The number of nitro groups is 1. The molecule has 0 fully saturated rings. The van der Waals surface area contributed by atoms with E-state index in [1.54, 1.807) is 0 Å². The largest absolute Gasteiger partial charge is 0.574 e. The Hall–Kier alpha value is -1.33. The third kappa shape index (κ3) is 3.57. The van der Waals surface area contributed by atoms with Crippen LogP contribution in [0.25, 0.3) is 0 Å². The van der Waals surface area contributed by atoms with Crippen LogP contribution in [0.4, 0.5) is 18.9 Å². The van der Waals surface area contributed by atoms with E-state index in [0.29, 0.717) is 0 Å². The summed E-state index contributed by atoms with van der Waals surface area (Å²) in [4.78, 5) is 13.1. The van der Waals surface area contributed by atoms with Crippen molar-refractivity contribution in [2.24, 2.45) is 0 Å². The second kappa shape index (κ2) is 4.89. The van der Waals surface area contributed by atoms with Crippen LogP contribution in [0.2, 0.25) is 0 Å². The Kier molecular flexibility index (Phi) is 3.95. The maximum Gasteiger partial charge on any atom is 0.574 e. The Morgan fingerprint density at radius 2 is 2.12 bits per heavy atom. The molecule has 0 aromatic carbocycles. The third-order valence-corrected chi connectivity index (χ3v) is 2.31. The van der Waals surface area contributed by atoms with Crippen LogP contribution in [0.5, 0.6) is 11.8 Å². The fourth-order valence-electron chi connectivity index (χ4n) is 0.943. The highest BCUT2D eigenvalue weighted by atomic mass is 127. The molecule has 0 aliphatic heterocycles. The van der Waals surface area contributed by atoms with Gasteiger partial charge in [0.25, 0.3) is 5.88 Å². The monoisotopic (exact) mass is 364 g/mol. The summed E-state index contributed by atoms with van der Waals surface area (Å²) in [5.74, 6) is -1.36. The Morgan fingerprint density at radius 1 is 1.53 bits per heavy atom. The Morgan fingerprint density at radius 3 is 2.53 bits per heavy atom. The molecule has 0 aliphatic carbocycles. The van der Waals surface area contributed by atoms with Crippen molar-refractivity contribution in [1.29, 1.82) is 0 Å². The molecular formula is C7H4F3IN2O4. The predicted octanol–water partition coefficient (Wildman–Crippen LogP) is 2.50. The van der Waals surface area contributed by atoms with E-state index in [1.807, 2.05) is 0 Å². The topological polar surface area (TPSA) is 74.5 Å². The summed E-state index contributed by atoms with van der Waals surface area (Å²) in [5, 5.41) is 10.6. The molecule has 1 aromatic rings. The van der Waals surface area contributed by atoms with Crippen LogP contribution in [0, 0.1) is 13.7 Å². The van der Waals surface area contributed by atoms with E-state index in [-0.39, 0.29) is 3.57 Å². The lowest BCUT2D eigenvalue weighted by atomic mass is 10.4. The van der Waals surface area contributed by atoms with E-state index in [9.17, 15) is 23.3 Å². The molecule has 0 saturated carbocycles. The van der Waals surface area contributed by atoms with Crippen LogP contribution in [0.3, 0.4) is 0 Å². The highest BCUT2D eigenvalue weighted by Crippen LogP contribution is 2.34. The van der Waals surface area contributed by atoms with Crippen LogP contribution < -0.4 is 9.47 Å². The molecule has 1 heterocycles. The molecule has 10 heteroatoms. The summed E-state index contributed by atoms with van der Waals surface area (Å²) < 4.78 is 43.8. The van der Waals surface area contributed by atoms with Gasteiger partial charge in [0.05, 0.1) is 12.0 Å². The van der Waals surface area contributed by atoms with Crippen LogP contribution in [-0.2, 0) is 0 Å². The lowest BCUT2D eigenvalue weighted by Gasteiger charge is -2.09. The van der Waals surface area contributed by atoms with Crippen molar-refractivity contribution in [3.05, 3.63) is 19.8 Å². The average molecular weight is 364 g/mol. The summed E-state index contributed by atoms with van der Waals surface area (Å²) >= 11 is 1.49. The van der Waals surface area contributed by atoms with Crippen molar-refractivity contribution in [2.75, 3.05) is 7.11 Å². The number of nitrogens with zero attached hydrogens (tertiary/aromatic N) is 2. The first-order chi connectivity index (χ1) is 7.74. The molecule has 0 aliphatic rings. The van der Waals surface area contributed by atoms with Crippen molar-refractivity contribution >= 4 is 28.3 Å². The maximum absolute atomic E-state index is 11.9. The first-order valence-corrected chi connectivity index (χ1v) is 4.97. The number of ether oxygens (including phenoxy) is 2. The van der Waals surface area contributed by atoms with Crippen molar-refractivity contribution in [2.45, 2.75) is 6.36 Å². The van der Waals surface area contributed by atoms with Crippen molar-refractivity contribution in [3.8, 4) is 11.8 Å². The van der Waals surface area contributed by atoms with Gasteiger partial charge < -0.3 is 9.47 Å². The van der Waals surface area contributed by atoms with E-state index >= 15 is 0 Å². The molecule has 6 nitrogen and oxygen atoms in total. The highest BCUT2D eigenvalue weighted by Gasteiger charge is 2.33. The fraction of sp³-hybridized carbons (Fsp3) is 0.286. The minimum Gasteiger partial charge on any atom is -0.476 e. The van der Waals surface area contributed by atoms with Gasteiger partial charge >= 0.3 is 12.0 Å². The maximum atomic E-state index is 11.9. The number of hydrogen-bond acceptors (Lipinski definition) is 5. The molecule has 0 N–H and O–H groups in total. The second-order valence-corrected chi connectivity index (χ2v) is 3.77. The van der Waals surface area contributed by atoms with E-state index in [1.165, 1.54) is 22.6 Å². The normalized spacial score (nSPS) is 11.1. The summed E-state index contributed by atoms with van der Waals surface area (Å²) in [6.07, 6.45) is -4.92. The minimum absolute atomic E-state index is 0.0706. The number of halogens is 4. The molecular weight excluding hydrogens is 360 g/mol. The molecule has 0 bridgehead atoms. The molecule has 0 spiro atoms. The smallest absolute Gasteiger partial charge is 0.476 e. The van der Waals surface area contributed by atoms with Gasteiger partial charge in [-0.25, -0.2) is 0 Å². The first kappa shape index (κ1) is 13.7.